The minimum absolute atomic E-state index is 0.124. The minimum atomic E-state index is -0.668. The summed E-state index contributed by atoms with van der Waals surface area (Å²) in [6.45, 7) is 5.00. The van der Waals surface area contributed by atoms with Crippen molar-refractivity contribution in [3.05, 3.63) is 11.3 Å². The number of carbonyl (C=O) groups is 1. The van der Waals surface area contributed by atoms with Crippen molar-refractivity contribution in [3.63, 3.8) is 0 Å². The average Bonchev–Trinajstić information content (AvgIpc) is 3.16. The molecule has 9 heteroatoms. The fourth-order valence-electron chi connectivity index (χ4n) is 4.03. The maximum atomic E-state index is 12.9. The van der Waals surface area contributed by atoms with Gasteiger partial charge in [0.05, 0.1) is 31.0 Å². The molecule has 2 atom stereocenters. The van der Waals surface area contributed by atoms with Crippen molar-refractivity contribution in [2.75, 3.05) is 31.8 Å². The number of fused-ring (bicyclic) bond motifs is 2. The zero-order valence-electron chi connectivity index (χ0n) is 15.2. The van der Waals surface area contributed by atoms with E-state index in [-0.39, 0.29) is 22.2 Å². The maximum absolute atomic E-state index is 12.9. The molecule has 4 aliphatic heterocycles. The Morgan fingerprint density at radius 3 is 2.73 bits per heavy atom. The van der Waals surface area contributed by atoms with Crippen LogP contribution in [0.1, 0.15) is 26.7 Å². The number of rotatable bonds is 2. The molecular weight excluding hydrogens is 392 g/mol. The molecule has 4 aliphatic rings. The first-order chi connectivity index (χ1) is 12.4. The van der Waals surface area contributed by atoms with E-state index in [2.05, 4.69) is 10.2 Å². The monoisotopic (exact) mass is 416 g/mol. The third-order valence-corrected chi connectivity index (χ3v) is 8.91. The van der Waals surface area contributed by atoms with Crippen LogP contribution >= 0.6 is 35.7 Å². The van der Waals surface area contributed by atoms with Crippen LogP contribution in [0.15, 0.2) is 11.3 Å². The third kappa shape index (κ3) is 3.05. The Bertz CT molecular complexity index is 660. The number of ether oxygens (including phenoxy) is 3. The van der Waals surface area contributed by atoms with Crippen LogP contribution in [-0.2, 0) is 19.0 Å². The van der Waals surface area contributed by atoms with Gasteiger partial charge in [0.15, 0.2) is 10.9 Å². The minimum Gasteiger partial charge on any atom is -0.466 e. The Hall–Kier alpha value is -0.480. The fourth-order valence-corrected chi connectivity index (χ4v) is 7.77. The number of thiocarbonyl (C=S) groups is 1. The Labute approximate surface area is 167 Å². The van der Waals surface area contributed by atoms with Gasteiger partial charge in [-0.15, -0.1) is 23.5 Å². The number of nitrogens with zero attached hydrogens (tertiary/aromatic N) is 1. The van der Waals surface area contributed by atoms with E-state index in [1.54, 1.807) is 0 Å². The Balaban J connectivity index is 1.80. The van der Waals surface area contributed by atoms with Crippen molar-refractivity contribution >= 4 is 46.8 Å². The molecule has 6 nitrogen and oxygen atoms in total. The first kappa shape index (κ1) is 18.9. The average molecular weight is 417 g/mol. The summed E-state index contributed by atoms with van der Waals surface area (Å²) in [5.41, 5.74) is 1.66. The van der Waals surface area contributed by atoms with Gasteiger partial charge in [0.25, 0.3) is 0 Å². The molecule has 26 heavy (non-hydrogen) atoms. The summed E-state index contributed by atoms with van der Waals surface area (Å²) in [4.78, 5) is 15.0. The summed E-state index contributed by atoms with van der Waals surface area (Å²) in [6, 6.07) is -0.360. The third-order valence-electron chi connectivity index (χ3n) is 5.15. The van der Waals surface area contributed by atoms with Gasteiger partial charge < -0.3 is 24.4 Å². The highest BCUT2D eigenvalue weighted by Gasteiger charge is 2.54. The lowest BCUT2D eigenvalue weighted by molar-refractivity contribution is -0.144. The first-order valence-corrected chi connectivity index (χ1v) is 11.3. The van der Waals surface area contributed by atoms with Crippen LogP contribution in [0.25, 0.3) is 0 Å². The molecule has 144 valence electrons. The molecule has 3 saturated heterocycles. The number of carbonyl (C=O) groups excluding carboxylic acids is 1. The molecule has 0 aromatic heterocycles. The molecule has 0 amide bonds. The van der Waals surface area contributed by atoms with E-state index in [9.17, 15) is 4.79 Å². The summed E-state index contributed by atoms with van der Waals surface area (Å²) in [5, 5.41) is 3.99. The van der Waals surface area contributed by atoms with Crippen LogP contribution in [0.3, 0.4) is 0 Å². The van der Waals surface area contributed by atoms with E-state index in [0.29, 0.717) is 17.3 Å². The molecule has 1 spiro atoms. The number of hydrogen-bond acceptors (Lipinski definition) is 7. The van der Waals surface area contributed by atoms with Gasteiger partial charge in [0.2, 0.25) is 0 Å². The van der Waals surface area contributed by atoms with Crippen LogP contribution in [-0.4, -0.2) is 69.8 Å². The SMILES string of the molecule is COC(=O)C1=C2N(CCC23SCCCS3)C(=S)N[C@@H]1[C@H]1COC(C)(C)O1. The largest absolute Gasteiger partial charge is 0.466 e. The lowest BCUT2D eigenvalue weighted by Gasteiger charge is -2.42. The van der Waals surface area contributed by atoms with Crippen LogP contribution in [0.2, 0.25) is 0 Å². The highest BCUT2D eigenvalue weighted by atomic mass is 32.2. The van der Waals surface area contributed by atoms with E-state index in [4.69, 9.17) is 26.4 Å². The van der Waals surface area contributed by atoms with Crippen molar-refractivity contribution in [1.29, 1.82) is 0 Å². The summed E-state index contributed by atoms with van der Waals surface area (Å²) < 4.78 is 16.9. The van der Waals surface area contributed by atoms with Gasteiger partial charge >= 0.3 is 5.97 Å². The molecule has 0 aromatic rings. The van der Waals surface area contributed by atoms with E-state index in [1.165, 1.54) is 13.5 Å². The van der Waals surface area contributed by atoms with Crippen LogP contribution < -0.4 is 5.32 Å². The quantitative estimate of drug-likeness (QED) is 0.538. The van der Waals surface area contributed by atoms with Gasteiger partial charge in [0, 0.05) is 6.54 Å². The highest BCUT2D eigenvalue weighted by Crippen LogP contribution is 2.56. The molecule has 1 N–H and O–H groups in total. The van der Waals surface area contributed by atoms with E-state index in [1.807, 2.05) is 37.4 Å². The molecule has 0 saturated carbocycles. The second-order valence-electron chi connectivity index (χ2n) is 7.25. The van der Waals surface area contributed by atoms with Gasteiger partial charge in [-0.25, -0.2) is 4.79 Å². The van der Waals surface area contributed by atoms with Crippen LogP contribution in [0.4, 0.5) is 0 Å². The van der Waals surface area contributed by atoms with Gasteiger partial charge in [-0.05, 0) is 50.4 Å². The number of methoxy groups -OCH3 is 1. The molecule has 0 radical (unpaired) electrons. The van der Waals surface area contributed by atoms with Crippen molar-refractivity contribution in [3.8, 4) is 0 Å². The molecule has 4 rings (SSSR count). The topological polar surface area (TPSA) is 60.0 Å². The van der Waals surface area contributed by atoms with Gasteiger partial charge in [-0.1, -0.05) is 0 Å². The standard InChI is InChI=1S/C17H24N2O4S3/c1-16(2)22-9-10(23-16)12-11(14(20)21-3)13-17(25-7-4-8-26-17)5-6-19(13)15(24)18-12/h10,12H,4-9H2,1-3H3,(H,18,24)/t10-,12-/m1/s1. The summed E-state index contributed by atoms with van der Waals surface area (Å²) in [5.74, 6) is 1.21. The molecule has 0 bridgehead atoms. The first-order valence-electron chi connectivity index (χ1n) is 8.87. The summed E-state index contributed by atoms with van der Waals surface area (Å²) in [6.07, 6.45) is 1.88. The van der Waals surface area contributed by atoms with Crippen LogP contribution in [0.5, 0.6) is 0 Å². The molecule has 0 aromatic carbocycles. The van der Waals surface area contributed by atoms with Crippen molar-refractivity contribution in [2.24, 2.45) is 0 Å². The van der Waals surface area contributed by atoms with E-state index < -0.39 is 5.79 Å². The normalized spacial score (nSPS) is 32.6. The summed E-state index contributed by atoms with van der Waals surface area (Å²) >= 11 is 9.52. The van der Waals surface area contributed by atoms with Crippen LogP contribution in [0, 0.1) is 0 Å². The number of nitrogens with one attached hydrogen (secondary N) is 1. The Kier molecular flexibility index (Phi) is 4.97. The molecule has 0 aliphatic carbocycles. The zero-order chi connectivity index (χ0) is 18.5. The number of hydrogen-bond donors (Lipinski definition) is 1. The van der Waals surface area contributed by atoms with Crippen molar-refractivity contribution < 1.29 is 19.0 Å². The molecule has 0 unspecified atom stereocenters. The van der Waals surface area contributed by atoms with Gasteiger partial charge in [-0.3, -0.25) is 0 Å². The Morgan fingerprint density at radius 1 is 1.38 bits per heavy atom. The molecular formula is C17H24N2O4S3. The van der Waals surface area contributed by atoms with Gasteiger partial charge in [0.1, 0.15) is 10.2 Å². The zero-order valence-corrected chi connectivity index (χ0v) is 17.7. The molecule has 3 fully saturated rings. The van der Waals surface area contributed by atoms with Crippen molar-refractivity contribution in [1.82, 2.24) is 10.2 Å². The molecule has 4 heterocycles. The van der Waals surface area contributed by atoms with Gasteiger partial charge in [-0.2, -0.15) is 0 Å². The number of thioether (sulfide) groups is 2. The highest BCUT2D eigenvalue weighted by molar-refractivity contribution is 8.19. The number of esters is 1. The lowest BCUT2D eigenvalue weighted by atomic mass is 9.96. The second kappa shape index (κ2) is 6.84. The summed E-state index contributed by atoms with van der Waals surface area (Å²) in [7, 11) is 1.43. The lowest BCUT2D eigenvalue weighted by Crippen LogP contribution is -2.57. The Morgan fingerprint density at radius 2 is 2.12 bits per heavy atom. The van der Waals surface area contributed by atoms with E-state index in [0.717, 1.165) is 30.2 Å². The predicted octanol–water partition coefficient (Wildman–Crippen LogP) is 2.09. The van der Waals surface area contributed by atoms with E-state index >= 15 is 0 Å². The fraction of sp³-hybridized carbons (Fsp3) is 0.765. The van der Waals surface area contributed by atoms with Crippen molar-refractivity contribution in [2.45, 2.75) is 48.7 Å². The predicted molar refractivity (Wildman–Crippen MR) is 107 cm³/mol. The smallest absolute Gasteiger partial charge is 0.337 e. The maximum Gasteiger partial charge on any atom is 0.337 e. The second-order valence-corrected chi connectivity index (χ2v) is 10.7.